The van der Waals surface area contributed by atoms with Gasteiger partial charge in [0, 0.05) is 20.2 Å². The minimum Gasteiger partial charge on any atom is -0.474 e. The number of rotatable bonds is 3. The highest BCUT2D eigenvalue weighted by Gasteiger charge is 2.19. The maximum Gasteiger partial charge on any atom is 0.218 e. The van der Waals surface area contributed by atoms with E-state index in [1.54, 1.807) is 6.33 Å². The molecule has 0 aromatic carbocycles. The molecule has 76 valence electrons. The lowest BCUT2D eigenvalue weighted by Gasteiger charge is -2.25. The Labute approximate surface area is 83.9 Å². The Kier molecular flexibility index (Phi) is 2.52. The first-order valence-electron chi connectivity index (χ1n) is 4.92. The van der Waals surface area contributed by atoms with E-state index in [-0.39, 0.29) is 0 Å². The Balaban J connectivity index is 2.05. The third kappa shape index (κ3) is 1.95. The summed E-state index contributed by atoms with van der Waals surface area (Å²) in [6, 6.07) is 1.87. The van der Waals surface area contributed by atoms with E-state index in [4.69, 9.17) is 4.74 Å². The van der Waals surface area contributed by atoms with Crippen LogP contribution in [0.5, 0.6) is 5.88 Å². The highest BCUT2D eigenvalue weighted by atomic mass is 16.5. The van der Waals surface area contributed by atoms with Gasteiger partial charge in [0.2, 0.25) is 5.88 Å². The third-order valence-electron chi connectivity index (χ3n) is 2.43. The van der Waals surface area contributed by atoms with Crippen LogP contribution in [0.2, 0.25) is 0 Å². The normalized spacial score (nSPS) is 16.1. The Morgan fingerprint density at radius 3 is 2.71 bits per heavy atom. The Hall–Kier alpha value is -1.32. The van der Waals surface area contributed by atoms with E-state index in [1.165, 1.54) is 6.42 Å². The lowest BCUT2D eigenvalue weighted by atomic mass is 9.96. The molecule has 4 nitrogen and oxygen atoms in total. The van der Waals surface area contributed by atoms with Crippen molar-refractivity contribution in [3.63, 3.8) is 0 Å². The van der Waals surface area contributed by atoms with Crippen molar-refractivity contribution in [3.05, 3.63) is 12.4 Å². The third-order valence-corrected chi connectivity index (χ3v) is 2.43. The highest BCUT2D eigenvalue weighted by molar-refractivity contribution is 5.38. The molecule has 1 aromatic heterocycles. The fourth-order valence-electron chi connectivity index (χ4n) is 1.30. The van der Waals surface area contributed by atoms with Crippen molar-refractivity contribution in [1.82, 2.24) is 9.97 Å². The largest absolute Gasteiger partial charge is 0.474 e. The summed E-state index contributed by atoms with van der Waals surface area (Å²) in [4.78, 5) is 10.1. The number of hydrogen-bond donors (Lipinski definition) is 0. The van der Waals surface area contributed by atoms with Crippen molar-refractivity contribution >= 4 is 5.82 Å². The maximum atomic E-state index is 5.66. The number of anilines is 1. The summed E-state index contributed by atoms with van der Waals surface area (Å²) in [7, 11) is 3.91. The van der Waals surface area contributed by atoms with Crippen LogP contribution in [0.1, 0.15) is 19.3 Å². The van der Waals surface area contributed by atoms with Crippen LogP contribution in [0.15, 0.2) is 12.4 Å². The predicted molar refractivity (Wildman–Crippen MR) is 54.6 cm³/mol. The van der Waals surface area contributed by atoms with Crippen LogP contribution >= 0.6 is 0 Å². The average molecular weight is 193 g/mol. The first-order chi connectivity index (χ1) is 6.75. The molecule has 4 heteroatoms. The van der Waals surface area contributed by atoms with Crippen molar-refractivity contribution < 1.29 is 4.74 Å². The summed E-state index contributed by atoms with van der Waals surface area (Å²) in [6.07, 6.45) is 5.50. The van der Waals surface area contributed by atoms with Gasteiger partial charge >= 0.3 is 0 Å². The Morgan fingerprint density at radius 1 is 1.36 bits per heavy atom. The zero-order valence-electron chi connectivity index (χ0n) is 8.60. The molecule has 1 saturated carbocycles. The molecule has 2 rings (SSSR count). The van der Waals surface area contributed by atoms with Crippen LogP contribution in [0.4, 0.5) is 5.82 Å². The molecule has 0 radical (unpaired) electrons. The van der Waals surface area contributed by atoms with Gasteiger partial charge in [0.1, 0.15) is 18.2 Å². The lowest BCUT2D eigenvalue weighted by molar-refractivity contribution is 0.114. The summed E-state index contributed by atoms with van der Waals surface area (Å²) >= 11 is 0. The predicted octanol–water partition coefficient (Wildman–Crippen LogP) is 1.47. The van der Waals surface area contributed by atoms with Crippen molar-refractivity contribution in [2.45, 2.75) is 25.4 Å². The second-order valence-electron chi connectivity index (χ2n) is 3.78. The molecule has 0 saturated heterocycles. The van der Waals surface area contributed by atoms with E-state index in [1.807, 2.05) is 25.1 Å². The molecular weight excluding hydrogens is 178 g/mol. The van der Waals surface area contributed by atoms with Gasteiger partial charge in [-0.15, -0.1) is 0 Å². The monoisotopic (exact) mass is 193 g/mol. The average Bonchev–Trinajstić information content (AvgIpc) is 2.12. The van der Waals surface area contributed by atoms with Crippen LogP contribution in [0.3, 0.4) is 0 Å². The molecule has 0 bridgehead atoms. The van der Waals surface area contributed by atoms with Gasteiger partial charge in [0.05, 0.1) is 0 Å². The van der Waals surface area contributed by atoms with Crippen molar-refractivity contribution in [2.24, 2.45) is 0 Å². The topological polar surface area (TPSA) is 38.2 Å². The number of ether oxygens (including phenoxy) is 1. The highest BCUT2D eigenvalue weighted by Crippen LogP contribution is 2.24. The smallest absolute Gasteiger partial charge is 0.218 e. The Morgan fingerprint density at radius 2 is 2.14 bits per heavy atom. The fraction of sp³-hybridized carbons (Fsp3) is 0.600. The molecule has 0 atom stereocenters. The summed E-state index contributed by atoms with van der Waals surface area (Å²) in [6.45, 7) is 0. The first kappa shape index (κ1) is 9.24. The molecule has 1 aliphatic carbocycles. The fourth-order valence-corrected chi connectivity index (χ4v) is 1.30. The van der Waals surface area contributed by atoms with Crippen molar-refractivity contribution in [2.75, 3.05) is 19.0 Å². The van der Waals surface area contributed by atoms with Gasteiger partial charge in [-0.25, -0.2) is 9.97 Å². The van der Waals surface area contributed by atoms with Gasteiger partial charge < -0.3 is 9.64 Å². The maximum absolute atomic E-state index is 5.66. The van der Waals surface area contributed by atoms with Crippen molar-refractivity contribution in [1.29, 1.82) is 0 Å². The van der Waals surface area contributed by atoms with E-state index in [0.29, 0.717) is 12.0 Å². The van der Waals surface area contributed by atoms with Crippen LogP contribution in [-0.2, 0) is 0 Å². The van der Waals surface area contributed by atoms with Crippen LogP contribution in [0.25, 0.3) is 0 Å². The molecule has 0 N–H and O–H groups in total. The van der Waals surface area contributed by atoms with Crippen LogP contribution in [0, 0.1) is 0 Å². The quantitative estimate of drug-likeness (QED) is 0.728. The van der Waals surface area contributed by atoms with Crippen LogP contribution < -0.4 is 9.64 Å². The lowest BCUT2D eigenvalue weighted by Crippen LogP contribution is -2.25. The summed E-state index contributed by atoms with van der Waals surface area (Å²) in [5.74, 6) is 1.57. The molecule has 0 unspecified atom stereocenters. The molecule has 1 aromatic rings. The molecular formula is C10H15N3O. The molecule has 0 amide bonds. The van der Waals surface area contributed by atoms with Gasteiger partial charge in [-0.1, -0.05) is 0 Å². The molecule has 1 heterocycles. The van der Waals surface area contributed by atoms with E-state index in [0.717, 1.165) is 18.7 Å². The van der Waals surface area contributed by atoms with Gasteiger partial charge in [-0.2, -0.15) is 0 Å². The van der Waals surface area contributed by atoms with Gasteiger partial charge in [0.15, 0.2) is 0 Å². The molecule has 1 fully saturated rings. The number of nitrogens with zero attached hydrogens (tertiary/aromatic N) is 3. The van der Waals surface area contributed by atoms with Crippen molar-refractivity contribution in [3.8, 4) is 5.88 Å². The number of hydrogen-bond acceptors (Lipinski definition) is 4. The second-order valence-corrected chi connectivity index (χ2v) is 3.78. The van der Waals surface area contributed by atoms with E-state index in [2.05, 4.69) is 9.97 Å². The van der Waals surface area contributed by atoms with E-state index in [9.17, 15) is 0 Å². The summed E-state index contributed by atoms with van der Waals surface area (Å²) in [5.41, 5.74) is 0. The summed E-state index contributed by atoms with van der Waals surface area (Å²) < 4.78 is 5.66. The minimum absolute atomic E-state index is 0.375. The molecule has 1 aliphatic rings. The zero-order valence-corrected chi connectivity index (χ0v) is 8.60. The molecule has 0 aliphatic heterocycles. The van der Waals surface area contributed by atoms with E-state index < -0.39 is 0 Å². The molecule has 0 spiro atoms. The Bertz CT molecular complexity index is 310. The zero-order chi connectivity index (χ0) is 9.97. The second kappa shape index (κ2) is 3.82. The summed E-state index contributed by atoms with van der Waals surface area (Å²) in [5, 5.41) is 0. The first-order valence-corrected chi connectivity index (χ1v) is 4.92. The van der Waals surface area contributed by atoms with Crippen LogP contribution in [-0.4, -0.2) is 30.2 Å². The molecule has 14 heavy (non-hydrogen) atoms. The van der Waals surface area contributed by atoms with Gasteiger partial charge in [-0.05, 0) is 19.3 Å². The van der Waals surface area contributed by atoms with Gasteiger partial charge in [0.25, 0.3) is 0 Å². The van der Waals surface area contributed by atoms with Gasteiger partial charge in [-0.3, -0.25) is 0 Å². The van der Waals surface area contributed by atoms with E-state index >= 15 is 0 Å². The number of aromatic nitrogens is 2. The minimum atomic E-state index is 0.375. The standard InChI is InChI=1S/C10H15N3O/c1-13(2)9-6-10(12-7-11-9)14-8-4-3-5-8/h6-8H,3-5H2,1-2H3. The SMILES string of the molecule is CN(C)c1cc(OC2CCC2)ncn1.